The zero-order valence-corrected chi connectivity index (χ0v) is 13.4. The minimum absolute atomic E-state index is 0.107. The zero-order chi connectivity index (χ0) is 15.1. The Morgan fingerprint density at radius 2 is 2.05 bits per heavy atom. The Morgan fingerprint density at radius 1 is 1.40 bits per heavy atom. The first kappa shape index (κ1) is 15.4. The molecular weight excluding hydrogens is 276 g/mol. The van der Waals surface area contributed by atoms with Crippen LogP contribution in [-0.4, -0.2) is 23.2 Å². The van der Waals surface area contributed by atoms with Crippen LogP contribution in [0.25, 0.3) is 0 Å². The number of hydrogen-bond acceptors (Lipinski definition) is 4. The van der Waals surface area contributed by atoms with Crippen molar-refractivity contribution in [1.29, 1.82) is 0 Å². The van der Waals surface area contributed by atoms with E-state index in [1.54, 1.807) is 4.57 Å². The Balaban J connectivity index is 2.51. The number of sulfonamides is 1. The van der Waals surface area contributed by atoms with Crippen LogP contribution in [-0.2, 0) is 16.6 Å². The summed E-state index contributed by atoms with van der Waals surface area (Å²) in [7, 11) is -3.84. The van der Waals surface area contributed by atoms with Crippen LogP contribution in [0.2, 0.25) is 0 Å². The van der Waals surface area contributed by atoms with Crippen molar-refractivity contribution in [1.82, 2.24) is 14.8 Å². The van der Waals surface area contributed by atoms with Crippen LogP contribution >= 0.6 is 0 Å². The molecule has 7 heteroatoms. The van der Waals surface area contributed by atoms with Gasteiger partial charge in [0.05, 0.1) is 0 Å². The molecule has 0 radical (unpaired) electrons. The Kier molecular flexibility index (Phi) is 3.94. The van der Waals surface area contributed by atoms with Gasteiger partial charge in [-0.05, 0) is 24.2 Å². The first-order valence-corrected chi connectivity index (χ1v) is 8.63. The molecule has 1 fully saturated rings. The Morgan fingerprint density at radius 3 is 2.50 bits per heavy atom. The third-order valence-corrected chi connectivity index (χ3v) is 4.93. The summed E-state index contributed by atoms with van der Waals surface area (Å²) in [4.78, 5) is 0. The van der Waals surface area contributed by atoms with Crippen molar-refractivity contribution in [3.63, 3.8) is 0 Å². The molecule has 1 unspecified atom stereocenters. The average Bonchev–Trinajstić information content (AvgIpc) is 2.79. The lowest BCUT2D eigenvalue weighted by Gasteiger charge is -2.27. The molecule has 0 saturated heterocycles. The lowest BCUT2D eigenvalue weighted by molar-refractivity contribution is 0.308. The molecule has 1 aromatic heterocycles. The maximum atomic E-state index is 11.7. The molecule has 6 nitrogen and oxygen atoms in total. The van der Waals surface area contributed by atoms with Crippen LogP contribution in [0.5, 0.6) is 0 Å². The van der Waals surface area contributed by atoms with E-state index in [0.29, 0.717) is 12.5 Å². The normalized spacial score (nSPS) is 22.6. The largest absolute Gasteiger partial charge is 0.300 e. The van der Waals surface area contributed by atoms with E-state index in [1.165, 1.54) is 0 Å². The van der Waals surface area contributed by atoms with Crippen molar-refractivity contribution in [2.75, 3.05) is 0 Å². The van der Waals surface area contributed by atoms with Crippen molar-refractivity contribution in [2.45, 2.75) is 64.6 Å². The maximum absolute atomic E-state index is 11.7. The standard InChI is InChI=1S/C13H24N4O2S/c1-9(2)8-17-11(10-6-5-7-13(10,3)4)15-16-12(17)20(14,18)19/h9-10H,5-8H2,1-4H3,(H2,14,18,19). The van der Waals surface area contributed by atoms with Gasteiger partial charge in [0, 0.05) is 12.5 Å². The van der Waals surface area contributed by atoms with Gasteiger partial charge in [-0.2, -0.15) is 0 Å². The fourth-order valence-corrected chi connectivity index (χ4v) is 3.74. The van der Waals surface area contributed by atoms with Crippen LogP contribution < -0.4 is 5.14 Å². The van der Waals surface area contributed by atoms with Crippen molar-refractivity contribution < 1.29 is 8.42 Å². The van der Waals surface area contributed by atoms with Crippen molar-refractivity contribution in [3.05, 3.63) is 5.82 Å². The number of rotatable bonds is 4. The summed E-state index contributed by atoms with van der Waals surface area (Å²) in [6.07, 6.45) is 3.28. The van der Waals surface area contributed by atoms with E-state index in [9.17, 15) is 8.42 Å². The predicted octanol–water partition coefficient (Wildman–Crippen LogP) is 1.88. The number of aromatic nitrogens is 3. The Hall–Kier alpha value is -0.950. The van der Waals surface area contributed by atoms with E-state index in [-0.39, 0.29) is 16.5 Å². The summed E-state index contributed by atoms with van der Waals surface area (Å²) in [6, 6.07) is 0. The maximum Gasteiger partial charge on any atom is 0.273 e. The van der Waals surface area contributed by atoms with Crippen LogP contribution in [0.4, 0.5) is 0 Å². The minimum Gasteiger partial charge on any atom is -0.300 e. The molecule has 0 aliphatic heterocycles. The molecule has 20 heavy (non-hydrogen) atoms. The average molecular weight is 300 g/mol. The lowest BCUT2D eigenvalue weighted by atomic mass is 9.81. The van der Waals surface area contributed by atoms with Gasteiger partial charge in [-0.1, -0.05) is 34.1 Å². The first-order chi connectivity index (χ1) is 9.13. The van der Waals surface area contributed by atoms with Crippen LogP contribution in [0, 0.1) is 11.3 Å². The van der Waals surface area contributed by atoms with E-state index >= 15 is 0 Å². The van der Waals surface area contributed by atoms with E-state index in [4.69, 9.17) is 5.14 Å². The number of nitrogens with two attached hydrogens (primary N) is 1. The summed E-state index contributed by atoms with van der Waals surface area (Å²) in [6.45, 7) is 9.05. The Labute approximate surface area is 120 Å². The van der Waals surface area contributed by atoms with Gasteiger partial charge < -0.3 is 4.57 Å². The molecule has 1 aromatic rings. The molecule has 114 valence electrons. The number of primary sulfonamides is 1. The van der Waals surface area contributed by atoms with Gasteiger partial charge in [-0.3, -0.25) is 0 Å². The topological polar surface area (TPSA) is 90.9 Å². The van der Waals surface area contributed by atoms with Crippen molar-refractivity contribution >= 4 is 10.0 Å². The van der Waals surface area contributed by atoms with Gasteiger partial charge in [0.25, 0.3) is 15.2 Å². The predicted molar refractivity (Wildman–Crippen MR) is 76.6 cm³/mol. The zero-order valence-electron chi connectivity index (χ0n) is 12.6. The lowest BCUT2D eigenvalue weighted by Crippen LogP contribution is -2.24. The molecule has 1 saturated carbocycles. The van der Waals surface area contributed by atoms with Gasteiger partial charge in [-0.15, -0.1) is 10.2 Å². The number of hydrogen-bond donors (Lipinski definition) is 1. The van der Waals surface area contributed by atoms with Gasteiger partial charge in [-0.25, -0.2) is 13.6 Å². The van der Waals surface area contributed by atoms with E-state index in [1.807, 2.05) is 13.8 Å². The Bertz CT molecular complexity index is 590. The molecule has 0 aromatic carbocycles. The molecule has 0 amide bonds. The highest BCUT2D eigenvalue weighted by Gasteiger charge is 2.39. The van der Waals surface area contributed by atoms with E-state index in [0.717, 1.165) is 25.1 Å². The van der Waals surface area contributed by atoms with E-state index in [2.05, 4.69) is 24.0 Å². The fraction of sp³-hybridized carbons (Fsp3) is 0.846. The minimum atomic E-state index is -3.84. The van der Waals surface area contributed by atoms with Crippen molar-refractivity contribution in [3.8, 4) is 0 Å². The highest BCUT2D eigenvalue weighted by Crippen LogP contribution is 2.48. The molecule has 0 bridgehead atoms. The smallest absolute Gasteiger partial charge is 0.273 e. The van der Waals surface area contributed by atoms with E-state index < -0.39 is 10.0 Å². The van der Waals surface area contributed by atoms with Crippen LogP contribution in [0.15, 0.2) is 5.16 Å². The third kappa shape index (κ3) is 2.88. The SMILES string of the molecule is CC(C)Cn1c(C2CCCC2(C)C)nnc1S(N)(=O)=O. The molecule has 1 atom stereocenters. The van der Waals surface area contributed by atoms with Crippen molar-refractivity contribution in [2.24, 2.45) is 16.5 Å². The molecule has 2 N–H and O–H groups in total. The molecule has 2 rings (SSSR count). The second-order valence-corrected chi connectivity index (χ2v) is 8.28. The van der Waals surface area contributed by atoms with Gasteiger partial charge in [0.1, 0.15) is 5.82 Å². The molecule has 0 spiro atoms. The molecule has 1 aliphatic rings. The van der Waals surface area contributed by atoms with Crippen LogP contribution in [0.1, 0.15) is 58.7 Å². The first-order valence-electron chi connectivity index (χ1n) is 7.09. The highest BCUT2D eigenvalue weighted by atomic mass is 32.2. The summed E-state index contributed by atoms with van der Waals surface area (Å²) in [5, 5.41) is 13.2. The highest BCUT2D eigenvalue weighted by molar-refractivity contribution is 7.89. The summed E-state index contributed by atoms with van der Waals surface area (Å²) >= 11 is 0. The summed E-state index contributed by atoms with van der Waals surface area (Å²) in [5.41, 5.74) is 0.122. The van der Waals surface area contributed by atoms with Gasteiger partial charge in [0.2, 0.25) is 0 Å². The summed E-state index contributed by atoms with van der Waals surface area (Å²) < 4.78 is 25.1. The quantitative estimate of drug-likeness (QED) is 0.919. The molecule has 1 heterocycles. The van der Waals surface area contributed by atoms with Gasteiger partial charge >= 0.3 is 0 Å². The van der Waals surface area contributed by atoms with Gasteiger partial charge in [0.15, 0.2) is 0 Å². The molecular formula is C13H24N4O2S. The monoisotopic (exact) mass is 300 g/mol. The molecule has 1 aliphatic carbocycles. The fourth-order valence-electron chi connectivity index (χ4n) is 3.11. The van der Waals surface area contributed by atoms with Crippen LogP contribution in [0.3, 0.4) is 0 Å². The number of nitrogens with zero attached hydrogens (tertiary/aromatic N) is 3. The second-order valence-electron chi connectivity index (χ2n) is 6.82. The summed E-state index contributed by atoms with van der Waals surface area (Å²) in [5.74, 6) is 1.31. The second kappa shape index (κ2) is 5.11. The third-order valence-electron chi connectivity index (χ3n) is 4.12.